The van der Waals surface area contributed by atoms with Gasteiger partial charge in [0.15, 0.2) is 0 Å². The number of carbonyl (C=O) groups is 1. The van der Waals surface area contributed by atoms with Crippen molar-refractivity contribution >= 4 is 5.97 Å². The fourth-order valence-electron chi connectivity index (χ4n) is 7.49. The molecule has 0 aromatic rings. The number of hydrogen-bond donors (Lipinski definition) is 0. The third-order valence-electron chi connectivity index (χ3n) is 11.0. The molecule has 0 saturated carbocycles. The molecular weight excluding hydrogens is 597 g/mol. The molecule has 0 atom stereocenters. The summed E-state index contributed by atoms with van der Waals surface area (Å²) < 4.78 is 5.49. The van der Waals surface area contributed by atoms with Gasteiger partial charge in [0.1, 0.15) is 0 Å². The average molecular weight is 691 g/mol. The van der Waals surface area contributed by atoms with Crippen molar-refractivity contribution in [3.63, 3.8) is 0 Å². The number of hydrogen-bond acceptors (Lipinski definition) is 2. The normalized spacial score (nSPS) is 11.5. The Bertz CT molecular complexity index is 587. The summed E-state index contributed by atoms with van der Waals surface area (Å²) in [5.41, 5.74) is 0. The summed E-state index contributed by atoms with van der Waals surface area (Å²) in [5.74, 6) is 0.0333. The first-order valence-electron chi connectivity index (χ1n) is 23.5. The van der Waals surface area contributed by atoms with E-state index in [2.05, 4.69) is 13.8 Å². The van der Waals surface area contributed by atoms with Crippen molar-refractivity contribution in [2.75, 3.05) is 6.61 Å². The highest BCUT2D eigenvalue weighted by Crippen LogP contribution is 2.17. The van der Waals surface area contributed by atoms with Crippen molar-refractivity contribution in [1.29, 1.82) is 0 Å². The average Bonchev–Trinajstić information content (AvgIpc) is 3.11. The highest BCUT2D eigenvalue weighted by Gasteiger charge is 2.03. The van der Waals surface area contributed by atoms with Crippen LogP contribution in [0.5, 0.6) is 0 Å². The Hall–Kier alpha value is -0.530. The molecule has 49 heavy (non-hydrogen) atoms. The maximum Gasteiger partial charge on any atom is 0.305 e. The van der Waals surface area contributed by atoms with Crippen LogP contribution in [-0.2, 0) is 9.53 Å². The van der Waals surface area contributed by atoms with Crippen LogP contribution in [-0.4, -0.2) is 12.6 Å². The van der Waals surface area contributed by atoms with Gasteiger partial charge in [0.05, 0.1) is 6.61 Å². The van der Waals surface area contributed by atoms with Crippen LogP contribution >= 0.6 is 0 Å². The van der Waals surface area contributed by atoms with Crippen molar-refractivity contribution in [1.82, 2.24) is 0 Å². The van der Waals surface area contributed by atoms with E-state index >= 15 is 0 Å². The molecule has 0 radical (unpaired) electrons. The molecule has 0 aliphatic carbocycles. The third-order valence-corrected chi connectivity index (χ3v) is 11.0. The van der Waals surface area contributed by atoms with E-state index in [9.17, 15) is 4.79 Å². The molecule has 294 valence electrons. The summed E-state index contributed by atoms with van der Waals surface area (Å²) in [5, 5.41) is 0. The van der Waals surface area contributed by atoms with Crippen LogP contribution in [0.15, 0.2) is 0 Å². The summed E-state index contributed by atoms with van der Waals surface area (Å²) >= 11 is 0. The quantitative estimate of drug-likeness (QED) is 0.0470. The minimum absolute atomic E-state index is 0.0333. The first kappa shape index (κ1) is 48.5. The Kier molecular flexibility index (Phi) is 45.0. The lowest BCUT2D eigenvalue weighted by Gasteiger charge is -2.06. The molecule has 2 nitrogen and oxygen atoms in total. The number of rotatable bonds is 44. The second-order valence-corrected chi connectivity index (χ2v) is 16.1. The Balaban J connectivity index is 3.14. The zero-order chi connectivity index (χ0) is 35.4. The molecule has 0 spiro atoms. The molecule has 0 bridgehead atoms. The van der Waals surface area contributed by atoms with Gasteiger partial charge in [-0.2, -0.15) is 0 Å². The molecule has 0 saturated heterocycles. The third kappa shape index (κ3) is 45.4. The maximum absolute atomic E-state index is 12.0. The molecule has 2 heteroatoms. The van der Waals surface area contributed by atoms with Crippen molar-refractivity contribution in [3.8, 4) is 0 Å². The molecule has 0 amide bonds. The molecule has 0 N–H and O–H groups in total. The zero-order valence-corrected chi connectivity index (χ0v) is 34.4. The zero-order valence-electron chi connectivity index (χ0n) is 34.4. The molecular formula is C47H94O2. The lowest BCUT2D eigenvalue weighted by atomic mass is 10.0. The summed E-state index contributed by atoms with van der Waals surface area (Å²) in [6.45, 7) is 5.24. The lowest BCUT2D eigenvalue weighted by Crippen LogP contribution is -2.05. The van der Waals surface area contributed by atoms with Gasteiger partial charge in [0.25, 0.3) is 0 Å². The van der Waals surface area contributed by atoms with E-state index in [4.69, 9.17) is 4.74 Å². The van der Waals surface area contributed by atoms with E-state index in [1.807, 2.05) is 0 Å². The van der Waals surface area contributed by atoms with Gasteiger partial charge in [0.2, 0.25) is 0 Å². The largest absolute Gasteiger partial charge is 0.466 e. The second kappa shape index (κ2) is 45.5. The number of carbonyl (C=O) groups excluding carboxylic acids is 1. The Morgan fingerprint density at radius 3 is 0.673 bits per heavy atom. The van der Waals surface area contributed by atoms with Gasteiger partial charge in [-0.15, -0.1) is 0 Å². The van der Waals surface area contributed by atoms with Crippen molar-refractivity contribution in [2.45, 2.75) is 290 Å². The molecule has 0 aromatic heterocycles. The predicted octanol–water partition coefficient (Wildman–Crippen LogP) is 17.3. The maximum atomic E-state index is 12.0. The predicted molar refractivity (Wildman–Crippen MR) is 221 cm³/mol. The molecule has 0 aromatic carbocycles. The van der Waals surface area contributed by atoms with Crippen LogP contribution in [0.25, 0.3) is 0 Å². The number of unbranched alkanes of at least 4 members (excludes halogenated alkanes) is 40. The minimum atomic E-state index is 0.0333. The van der Waals surface area contributed by atoms with Crippen molar-refractivity contribution in [2.24, 2.45) is 0 Å². The molecule has 0 heterocycles. The van der Waals surface area contributed by atoms with E-state index in [0.29, 0.717) is 13.0 Å². The van der Waals surface area contributed by atoms with Crippen LogP contribution < -0.4 is 0 Å². The Labute approximate surface area is 311 Å². The second-order valence-electron chi connectivity index (χ2n) is 16.1. The summed E-state index contributed by atoms with van der Waals surface area (Å²) in [7, 11) is 0. The van der Waals surface area contributed by atoms with Gasteiger partial charge in [0, 0.05) is 6.42 Å². The van der Waals surface area contributed by atoms with Crippen LogP contribution in [0.4, 0.5) is 0 Å². The fraction of sp³-hybridized carbons (Fsp3) is 0.979. The van der Waals surface area contributed by atoms with Gasteiger partial charge in [-0.3, -0.25) is 4.79 Å². The van der Waals surface area contributed by atoms with Crippen molar-refractivity contribution in [3.05, 3.63) is 0 Å². The molecule has 0 aliphatic rings. The van der Waals surface area contributed by atoms with Crippen LogP contribution in [0.2, 0.25) is 0 Å². The first-order chi connectivity index (χ1) is 24.3. The molecule has 0 unspecified atom stereocenters. The topological polar surface area (TPSA) is 26.3 Å². The van der Waals surface area contributed by atoms with E-state index in [-0.39, 0.29) is 5.97 Å². The monoisotopic (exact) mass is 691 g/mol. The summed E-state index contributed by atoms with van der Waals surface area (Å²) in [6.07, 6.45) is 59.4. The summed E-state index contributed by atoms with van der Waals surface area (Å²) in [6, 6.07) is 0. The van der Waals surface area contributed by atoms with Crippen LogP contribution in [0, 0.1) is 0 Å². The SMILES string of the molecule is CCCCCCCCCCCCCCCCCCCCCCCOC(=O)CCCCCCCCCCCCCCCCCCCCCCC. The van der Waals surface area contributed by atoms with Crippen molar-refractivity contribution < 1.29 is 9.53 Å². The van der Waals surface area contributed by atoms with Gasteiger partial charge in [-0.1, -0.05) is 271 Å². The fourth-order valence-corrected chi connectivity index (χ4v) is 7.49. The van der Waals surface area contributed by atoms with Gasteiger partial charge < -0.3 is 4.74 Å². The highest BCUT2D eigenvalue weighted by molar-refractivity contribution is 5.69. The standard InChI is InChI=1S/C47H94O2/c1-3-5-7-9-11-13-15-17-19-21-23-25-27-29-31-33-35-37-39-41-43-45-47(48)49-46-44-42-40-38-36-34-32-30-28-26-24-22-20-18-16-14-12-10-8-6-4-2/h3-46H2,1-2H3. The van der Waals surface area contributed by atoms with Crippen LogP contribution in [0.1, 0.15) is 290 Å². The van der Waals surface area contributed by atoms with E-state index in [1.165, 1.54) is 257 Å². The van der Waals surface area contributed by atoms with Gasteiger partial charge in [-0.25, -0.2) is 0 Å². The smallest absolute Gasteiger partial charge is 0.305 e. The number of esters is 1. The highest BCUT2D eigenvalue weighted by atomic mass is 16.5. The Morgan fingerprint density at radius 1 is 0.265 bits per heavy atom. The van der Waals surface area contributed by atoms with E-state index in [0.717, 1.165) is 12.8 Å². The van der Waals surface area contributed by atoms with Crippen LogP contribution in [0.3, 0.4) is 0 Å². The lowest BCUT2D eigenvalue weighted by molar-refractivity contribution is -0.143. The van der Waals surface area contributed by atoms with Gasteiger partial charge >= 0.3 is 5.97 Å². The summed E-state index contributed by atoms with van der Waals surface area (Å²) in [4.78, 5) is 12.0. The van der Waals surface area contributed by atoms with E-state index in [1.54, 1.807) is 0 Å². The molecule has 0 fully saturated rings. The molecule has 0 rings (SSSR count). The van der Waals surface area contributed by atoms with E-state index < -0.39 is 0 Å². The minimum Gasteiger partial charge on any atom is -0.466 e. The number of ether oxygens (including phenoxy) is 1. The molecule has 0 aliphatic heterocycles. The Morgan fingerprint density at radius 2 is 0.449 bits per heavy atom. The first-order valence-corrected chi connectivity index (χ1v) is 23.5. The van der Waals surface area contributed by atoms with Gasteiger partial charge in [-0.05, 0) is 12.8 Å².